The van der Waals surface area contributed by atoms with Crippen LogP contribution in [0.4, 0.5) is 5.69 Å². The van der Waals surface area contributed by atoms with E-state index in [9.17, 15) is 9.59 Å². The van der Waals surface area contributed by atoms with Crippen molar-refractivity contribution < 1.29 is 14.3 Å². The molecule has 31 heavy (non-hydrogen) atoms. The zero-order valence-corrected chi connectivity index (χ0v) is 18.2. The third-order valence-electron chi connectivity index (χ3n) is 5.13. The molecule has 0 heterocycles. The summed E-state index contributed by atoms with van der Waals surface area (Å²) in [6.45, 7) is 3.72. The highest BCUT2D eigenvalue weighted by molar-refractivity contribution is 5.95. The van der Waals surface area contributed by atoms with Crippen LogP contribution in [-0.2, 0) is 14.3 Å². The normalized spacial score (nSPS) is 10.7. The third-order valence-corrected chi connectivity index (χ3v) is 5.13. The minimum atomic E-state index is -0.358. The van der Waals surface area contributed by atoms with Crippen molar-refractivity contribution in [2.24, 2.45) is 0 Å². The van der Waals surface area contributed by atoms with Gasteiger partial charge in [-0.3, -0.25) is 9.59 Å². The number of amides is 2. The van der Waals surface area contributed by atoms with E-state index in [2.05, 4.69) is 5.32 Å². The SMILES string of the molecule is Cc1cccc(C)c1NC(=O)CN(C)C(=O)COC(c1ccccc1)c1ccccc1. The molecule has 3 rings (SSSR count). The number of ether oxygens (including phenoxy) is 1. The predicted octanol–water partition coefficient (Wildman–Crippen LogP) is 4.51. The van der Waals surface area contributed by atoms with Gasteiger partial charge in [0.15, 0.2) is 0 Å². The molecule has 1 N–H and O–H groups in total. The fraction of sp³-hybridized carbons (Fsp3) is 0.231. The predicted molar refractivity (Wildman–Crippen MR) is 123 cm³/mol. The Morgan fingerprint density at radius 3 is 1.87 bits per heavy atom. The van der Waals surface area contributed by atoms with E-state index >= 15 is 0 Å². The first-order chi connectivity index (χ1) is 15.0. The largest absolute Gasteiger partial charge is 0.359 e. The number of anilines is 1. The number of benzene rings is 3. The van der Waals surface area contributed by atoms with Gasteiger partial charge >= 0.3 is 0 Å². The summed E-state index contributed by atoms with van der Waals surface area (Å²) in [4.78, 5) is 26.5. The summed E-state index contributed by atoms with van der Waals surface area (Å²) in [7, 11) is 1.61. The molecule has 0 atom stereocenters. The van der Waals surface area contributed by atoms with E-state index in [1.165, 1.54) is 4.90 Å². The van der Waals surface area contributed by atoms with Crippen LogP contribution < -0.4 is 5.32 Å². The molecule has 5 nitrogen and oxygen atoms in total. The van der Waals surface area contributed by atoms with Crippen molar-refractivity contribution in [1.29, 1.82) is 0 Å². The molecule has 0 aromatic heterocycles. The molecule has 0 radical (unpaired) electrons. The lowest BCUT2D eigenvalue weighted by molar-refractivity contribution is -0.138. The fourth-order valence-corrected chi connectivity index (χ4v) is 3.40. The number of carbonyl (C=O) groups excluding carboxylic acids is 2. The lowest BCUT2D eigenvalue weighted by Gasteiger charge is -2.22. The first kappa shape index (κ1) is 22.2. The highest BCUT2D eigenvalue weighted by atomic mass is 16.5. The Balaban J connectivity index is 1.61. The Morgan fingerprint density at radius 1 is 0.839 bits per heavy atom. The topological polar surface area (TPSA) is 58.6 Å². The first-order valence-electron chi connectivity index (χ1n) is 10.3. The average Bonchev–Trinajstić information content (AvgIpc) is 2.78. The molecule has 0 bridgehead atoms. The number of aryl methyl sites for hydroxylation is 2. The van der Waals surface area contributed by atoms with Gasteiger partial charge in [0.25, 0.3) is 0 Å². The number of nitrogens with zero attached hydrogens (tertiary/aromatic N) is 1. The van der Waals surface area contributed by atoms with Crippen LogP contribution in [0.15, 0.2) is 78.9 Å². The minimum Gasteiger partial charge on any atom is -0.359 e. The molecule has 0 fully saturated rings. The summed E-state index contributed by atoms with van der Waals surface area (Å²) in [6, 6.07) is 25.4. The van der Waals surface area contributed by atoms with E-state index in [0.29, 0.717) is 0 Å². The standard InChI is InChI=1S/C26H28N2O3/c1-19-11-10-12-20(2)25(19)27-23(29)17-28(3)24(30)18-31-26(21-13-6-4-7-14-21)22-15-8-5-9-16-22/h4-16,26H,17-18H2,1-3H3,(H,27,29). The van der Waals surface area contributed by atoms with Crippen LogP contribution in [0.1, 0.15) is 28.4 Å². The number of carbonyl (C=O) groups is 2. The smallest absolute Gasteiger partial charge is 0.248 e. The maximum Gasteiger partial charge on any atom is 0.248 e. The van der Waals surface area contributed by atoms with E-state index in [1.54, 1.807) is 7.05 Å². The maximum absolute atomic E-state index is 12.7. The minimum absolute atomic E-state index is 0.0443. The van der Waals surface area contributed by atoms with Gasteiger partial charge in [-0.15, -0.1) is 0 Å². The van der Waals surface area contributed by atoms with Gasteiger partial charge in [-0.2, -0.15) is 0 Å². The summed E-state index contributed by atoms with van der Waals surface area (Å²) < 4.78 is 6.01. The molecular formula is C26H28N2O3. The van der Waals surface area contributed by atoms with Gasteiger partial charge < -0.3 is 15.0 Å². The van der Waals surface area contributed by atoms with E-state index in [-0.39, 0.29) is 31.1 Å². The van der Waals surface area contributed by atoms with Crippen molar-refractivity contribution in [3.8, 4) is 0 Å². The molecule has 3 aromatic rings. The Bertz CT molecular complexity index is 960. The summed E-state index contributed by atoms with van der Waals surface area (Å²) in [5, 5.41) is 2.91. The zero-order valence-electron chi connectivity index (χ0n) is 18.2. The van der Waals surface area contributed by atoms with Crippen LogP contribution in [0.5, 0.6) is 0 Å². The van der Waals surface area contributed by atoms with Gasteiger partial charge in [0.05, 0.1) is 6.54 Å². The molecule has 0 unspecified atom stereocenters. The third kappa shape index (κ3) is 6.03. The van der Waals surface area contributed by atoms with E-state index < -0.39 is 0 Å². The molecule has 0 aliphatic carbocycles. The second-order valence-electron chi connectivity index (χ2n) is 7.58. The van der Waals surface area contributed by atoms with E-state index in [0.717, 1.165) is 27.9 Å². The number of rotatable bonds is 8. The van der Waals surface area contributed by atoms with Crippen LogP contribution in [0, 0.1) is 13.8 Å². The Labute approximate surface area is 183 Å². The van der Waals surface area contributed by atoms with Gasteiger partial charge in [0, 0.05) is 12.7 Å². The average molecular weight is 417 g/mol. The van der Waals surface area contributed by atoms with Crippen molar-refractivity contribution in [2.45, 2.75) is 20.0 Å². The number of para-hydroxylation sites is 1. The number of hydrogen-bond donors (Lipinski definition) is 1. The van der Waals surface area contributed by atoms with Gasteiger partial charge in [0.1, 0.15) is 12.7 Å². The summed E-state index contributed by atoms with van der Waals surface area (Å²) >= 11 is 0. The van der Waals surface area contributed by atoms with Crippen molar-refractivity contribution in [2.75, 3.05) is 25.5 Å². The van der Waals surface area contributed by atoms with Gasteiger partial charge in [-0.1, -0.05) is 78.9 Å². The molecule has 0 aliphatic heterocycles. The molecule has 0 aliphatic rings. The van der Waals surface area contributed by atoms with Gasteiger partial charge in [-0.05, 0) is 36.1 Å². The maximum atomic E-state index is 12.7. The Hall–Kier alpha value is -3.44. The molecule has 0 saturated carbocycles. The van der Waals surface area contributed by atoms with Crippen molar-refractivity contribution in [3.63, 3.8) is 0 Å². The van der Waals surface area contributed by atoms with Gasteiger partial charge in [-0.25, -0.2) is 0 Å². The Morgan fingerprint density at radius 2 is 1.35 bits per heavy atom. The highest BCUT2D eigenvalue weighted by Crippen LogP contribution is 2.25. The first-order valence-corrected chi connectivity index (χ1v) is 10.3. The quantitative estimate of drug-likeness (QED) is 0.588. The van der Waals surface area contributed by atoms with E-state index in [4.69, 9.17) is 4.74 Å². The van der Waals surface area contributed by atoms with E-state index in [1.807, 2.05) is 92.7 Å². The number of likely N-dealkylation sites (N-methyl/N-ethyl adjacent to an activating group) is 1. The molecule has 3 aromatic carbocycles. The van der Waals surface area contributed by atoms with Crippen LogP contribution in [0.3, 0.4) is 0 Å². The van der Waals surface area contributed by atoms with Crippen LogP contribution >= 0.6 is 0 Å². The molecule has 5 heteroatoms. The Kier molecular flexibility index (Phi) is 7.57. The molecular weight excluding hydrogens is 388 g/mol. The lowest BCUT2D eigenvalue weighted by Crippen LogP contribution is -2.37. The van der Waals surface area contributed by atoms with Crippen molar-refractivity contribution in [1.82, 2.24) is 4.90 Å². The number of hydrogen-bond acceptors (Lipinski definition) is 3. The monoisotopic (exact) mass is 416 g/mol. The van der Waals surface area contributed by atoms with Crippen molar-refractivity contribution in [3.05, 3.63) is 101 Å². The highest BCUT2D eigenvalue weighted by Gasteiger charge is 2.19. The molecule has 0 saturated heterocycles. The molecule has 160 valence electrons. The second-order valence-corrected chi connectivity index (χ2v) is 7.58. The summed E-state index contributed by atoms with van der Waals surface area (Å²) in [5.74, 6) is -0.496. The van der Waals surface area contributed by atoms with Crippen LogP contribution in [0.25, 0.3) is 0 Å². The van der Waals surface area contributed by atoms with Gasteiger partial charge in [0.2, 0.25) is 11.8 Å². The number of nitrogens with one attached hydrogen (secondary N) is 1. The summed E-state index contributed by atoms with van der Waals surface area (Å²) in [6.07, 6.45) is -0.358. The molecule has 2 amide bonds. The van der Waals surface area contributed by atoms with Crippen molar-refractivity contribution >= 4 is 17.5 Å². The van der Waals surface area contributed by atoms with Crippen LogP contribution in [-0.4, -0.2) is 36.9 Å². The van der Waals surface area contributed by atoms with Crippen LogP contribution in [0.2, 0.25) is 0 Å². The fourth-order valence-electron chi connectivity index (χ4n) is 3.40. The molecule has 0 spiro atoms. The second kappa shape index (κ2) is 10.5. The summed E-state index contributed by atoms with van der Waals surface area (Å²) in [5.41, 5.74) is 4.70. The lowest BCUT2D eigenvalue weighted by atomic mass is 10.0. The zero-order chi connectivity index (χ0) is 22.2.